The Morgan fingerprint density at radius 3 is 2.53 bits per heavy atom. The van der Waals surface area contributed by atoms with E-state index in [2.05, 4.69) is 5.10 Å². The molecular formula is C9H13N3O6S. The monoisotopic (exact) mass is 291 g/mol. The number of hydrogen-bond acceptors (Lipinski definition) is 6. The maximum Gasteiger partial charge on any atom is 0.363 e. The number of nitrogens with zero attached hydrogens (tertiary/aromatic N) is 3. The molecule has 1 aromatic rings. The van der Waals surface area contributed by atoms with Crippen molar-refractivity contribution in [3.8, 4) is 0 Å². The van der Waals surface area contributed by atoms with Gasteiger partial charge in [-0.2, -0.15) is 5.10 Å². The number of aryl methyl sites for hydroxylation is 1. The molecule has 0 amide bonds. The number of aromatic carboxylic acids is 1. The molecule has 0 saturated carbocycles. The van der Waals surface area contributed by atoms with Gasteiger partial charge < -0.3 is 5.11 Å². The molecule has 0 aliphatic carbocycles. The summed E-state index contributed by atoms with van der Waals surface area (Å²) in [6.07, 6.45) is 0.916. The van der Waals surface area contributed by atoms with Gasteiger partial charge in [0.15, 0.2) is 9.84 Å². The van der Waals surface area contributed by atoms with Gasteiger partial charge in [0.05, 0.1) is 22.5 Å². The van der Waals surface area contributed by atoms with Crippen LogP contribution in [0.5, 0.6) is 0 Å². The van der Waals surface area contributed by atoms with Gasteiger partial charge in [0.1, 0.15) is 6.20 Å². The molecule has 10 heteroatoms. The molecule has 0 fully saturated rings. The zero-order valence-corrected chi connectivity index (χ0v) is 11.1. The Bertz CT molecular complexity index is 572. The molecule has 9 nitrogen and oxygen atoms in total. The Morgan fingerprint density at radius 2 is 2.16 bits per heavy atom. The normalized spacial score (nSPS) is 11.7. The first kappa shape index (κ1) is 15.1. The second-order valence-electron chi connectivity index (χ2n) is 4.10. The third kappa shape index (κ3) is 3.50. The van der Waals surface area contributed by atoms with E-state index in [-0.39, 0.29) is 12.3 Å². The topological polar surface area (TPSA) is 132 Å². The molecule has 0 spiro atoms. The maximum atomic E-state index is 11.6. The van der Waals surface area contributed by atoms with Crippen molar-refractivity contribution in [2.24, 2.45) is 0 Å². The lowest BCUT2D eigenvalue weighted by molar-refractivity contribution is -0.385. The summed E-state index contributed by atoms with van der Waals surface area (Å²) >= 11 is 0. The first-order chi connectivity index (χ1) is 8.65. The summed E-state index contributed by atoms with van der Waals surface area (Å²) in [6.45, 7) is 2.90. The number of rotatable bonds is 6. The van der Waals surface area contributed by atoms with E-state index in [9.17, 15) is 23.3 Å². The fourth-order valence-corrected chi connectivity index (χ4v) is 2.18. The van der Waals surface area contributed by atoms with Crippen molar-refractivity contribution >= 4 is 21.5 Å². The summed E-state index contributed by atoms with van der Waals surface area (Å²) < 4.78 is 24.1. The van der Waals surface area contributed by atoms with Crippen molar-refractivity contribution in [1.82, 2.24) is 9.78 Å². The predicted molar refractivity (Wildman–Crippen MR) is 64.8 cm³/mol. The molecule has 106 valence electrons. The number of hydrogen-bond donors (Lipinski definition) is 1. The van der Waals surface area contributed by atoms with E-state index >= 15 is 0 Å². The third-order valence-electron chi connectivity index (χ3n) is 2.46. The molecule has 0 bridgehead atoms. The second-order valence-corrected chi connectivity index (χ2v) is 6.78. The molecule has 1 rings (SSSR count). The van der Waals surface area contributed by atoms with Crippen molar-refractivity contribution in [3.05, 3.63) is 22.0 Å². The van der Waals surface area contributed by atoms with Crippen LogP contribution in [0, 0.1) is 10.1 Å². The van der Waals surface area contributed by atoms with E-state index in [4.69, 9.17) is 5.11 Å². The van der Waals surface area contributed by atoms with Crippen LogP contribution in [-0.4, -0.2) is 45.2 Å². The standard InChI is InChI=1S/C9H13N3O6S/c1-6(2)19(17,18)4-3-11-5-7(12(15)16)8(10-11)9(13)14/h5-6H,3-4H2,1-2H3,(H,13,14). The molecule has 1 heterocycles. The highest BCUT2D eigenvalue weighted by Crippen LogP contribution is 2.16. The highest BCUT2D eigenvalue weighted by Gasteiger charge is 2.26. The van der Waals surface area contributed by atoms with Crippen LogP contribution < -0.4 is 0 Å². The fourth-order valence-electron chi connectivity index (χ4n) is 1.27. The Kier molecular flexibility index (Phi) is 4.24. The summed E-state index contributed by atoms with van der Waals surface area (Å²) in [5.41, 5.74) is -1.36. The van der Waals surface area contributed by atoms with Crippen LogP contribution in [0.2, 0.25) is 0 Å². The average molecular weight is 291 g/mol. The van der Waals surface area contributed by atoms with Crippen LogP contribution in [0.25, 0.3) is 0 Å². The Hall–Kier alpha value is -1.97. The van der Waals surface area contributed by atoms with Gasteiger partial charge in [0.25, 0.3) is 0 Å². The highest BCUT2D eigenvalue weighted by molar-refractivity contribution is 7.91. The van der Waals surface area contributed by atoms with E-state index in [1.807, 2.05) is 0 Å². The van der Waals surface area contributed by atoms with Crippen molar-refractivity contribution in [2.75, 3.05) is 5.75 Å². The number of aromatic nitrogens is 2. The average Bonchev–Trinajstić information content (AvgIpc) is 2.70. The Morgan fingerprint density at radius 1 is 1.58 bits per heavy atom. The number of nitro groups is 1. The van der Waals surface area contributed by atoms with Gasteiger partial charge in [-0.05, 0) is 13.8 Å². The second kappa shape index (κ2) is 5.34. The summed E-state index contributed by atoms with van der Waals surface area (Å²) in [5, 5.41) is 22.3. The van der Waals surface area contributed by atoms with Gasteiger partial charge in [0, 0.05) is 0 Å². The van der Waals surface area contributed by atoms with Crippen molar-refractivity contribution in [1.29, 1.82) is 0 Å². The van der Waals surface area contributed by atoms with Gasteiger partial charge in [-0.25, -0.2) is 13.2 Å². The van der Waals surface area contributed by atoms with Gasteiger partial charge in [-0.15, -0.1) is 0 Å². The predicted octanol–water partition coefficient (Wildman–Crippen LogP) is 0.313. The molecule has 0 aliphatic heterocycles. The molecule has 0 radical (unpaired) electrons. The number of sulfone groups is 1. The van der Waals surface area contributed by atoms with Crippen LogP contribution in [-0.2, 0) is 16.4 Å². The molecule has 1 N–H and O–H groups in total. The van der Waals surface area contributed by atoms with E-state index in [0.29, 0.717) is 0 Å². The van der Waals surface area contributed by atoms with Crippen LogP contribution in [0.3, 0.4) is 0 Å². The first-order valence-electron chi connectivity index (χ1n) is 5.32. The maximum absolute atomic E-state index is 11.6. The molecule has 0 aliphatic rings. The van der Waals surface area contributed by atoms with Crippen molar-refractivity contribution in [2.45, 2.75) is 25.6 Å². The van der Waals surface area contributed by atoms with Crippen molar-refractivity contribution in [3.63, 3.8) is 0 Å². The van der Waals surface area contributed by atoms with E-state index in [1.54, 1.807) is 0 Å². The van der Waals surface area contributed by atoms with Crippen LogP contribution in [0.1, 0.15) is 24.3 Å². The zero-order valence-electron chi connectivity index (χ0n) is 10.3. The summed E-state index contributed by atoms with van der Waals surface area (Å²) in [6, 6.07) is 0. The SMILES string of the molecule is CC(C)S(=O)(=O)CCn1cc([N+](=O)[O-])c(C(=O)O)n1. The molecular weight excluding hydrogens is 278 g/mol. The lowest BCUT2D eigenvalue weighted by Gasteiger charge is -2.06. The summed E-state index contributed by atoms with van der Waals surface area (Å²) in [5.74, 6) is -1.79. The highest BCUT2D eigenvalue weighted by atomic mass is 32.2. The molecule has 0 atom stereocenters. The van der Waals surface area contributed by atoms with Gasteiger partial charge in [-0.1, -0.05) is 0 Å². The Balaban J connectivity index is 2.96. The zero-order chi connectivity index (χ0) is 14.8. The van der Waals surface area contributed by atoms with Gasteiger partial charge in [0.2, 0.25) is 5.69 Å². The number of carboxylic acid groups (broad SMARTS) is 1. The molecule has 0 saturated heterocycles. The van der Waals surface area contributed by atoms with Gasteiger partial charge in [-0.3, -0.25) is 14.8 Å². The molecule has 1 aromatic heterocycles. The number of carbonyl (C=O) groups is 1. The Labute approximate surface area is 108 Å². The smallest absolute Gasteiger partial charge is 0.363 e. The third-order valence-corrected chi connectivity index (χ3v) is 4.65. The van der Waals surface area contributed by atoms with Gasteiger partial charge >= 0.3 is 11.7 Å². The van der Waals surface area contributed by atoms with E-state index < -0.39 is 37.4 Å². The lowest BCUT2D eigenvalue weighted by Crippen LogP contribution is -2.21. The largest absolute Gasteiger partial charge is 0.476 e. The minimum absolute atomic E-state index is 0.130. The van der Waals surface area contributed by atoms with Crippen LogP contribution in [0.4, 0.5) is 5.69 Å². The molecule has 19 heavy (non-hydrogen) atoms. The minimum Gasteiger partial charge on any atom is -0.476 e. The summed E-state index contributed by atoms with van der Waals surface area (Å²) in [4.78, 5) is 20.5. The summed E-state index contributed by atoms with van der Waals surface area (Å²) in [7, 11) is -3.32. The van der Waals surface area contributed by atoms with Crippen LogP contribution in [0.15, 0.2) is 6.20 Å². The van der Waals surface area contributed by atoms with Crippen molar-refractivity contribution < 1.29 is 23.2 Å². The lowest BCUT2D eigenvalue weighted by atomic mass is 10.4. The molecule has 0 unspecified atom stereocenters. The quantitative estimate of drug-likeness (QED) is 0.589. The van der Waals surface area contributed by atoms with E-state index in [0.717, 1.165) is 10.9 Å². The fraction of sp³-hybridized carbons (Fsp3) is 0.556. The minimum atomic E-state index is -3.32. The molecule has 0 aromatic carbocycles. The van der Waals surface area contributed by atoms with Crippen LogP contribution >= 0.6 is 0 Å². The van der Waals surface area contributed by atoms with E-state index in [1.165, 1.54) is 13.8 Å². The number of carboxylic acids is 1. The first-order valence-corrected chi connectivity index (χ1v) is 7.03.